The van der Waals surface area contributed by atoms with Gasteiger partial charge in [0, 0.05) is 11.0 Å². The van der Waals surface area contributed by atoms with Crippen LogP contribution in [-0.4, -0.2) is 6.54 Å². The molecule has 1 aromatic rings. The monoisotopic (exact) mass is 239 g/mol. The van der Waals surface area contributed by atoms with Crippen molar-refractivity contribution in [3.05, 3.63) is 39.4 Å². The summed E-state index contributed by atoms with van der Waals surface area (Å²) in [6, 6.07) is 4.30. The van der Waals surface area contributed by atoms with Crippen LogP contribution in [0.2, 0.25) is 0 Å². The van der Waals surface area contributed by atoms with Gasteiger partial charge in [0.15, 0.2) is 0 Å². The standard InChI is InChI=1S/C11H14BrN/c1-8-6-9(2)11(12)10(7-8)4-3-5-13/h3-4,6-7H,5,13H2,1-2H3/b4-3+. The second kappa shape index (κ2) is 4.58. The van der Waals surface area contributed by atoms with Gasteiger partial charge in [0.1, 0.15) is 0 Å². The Morgan fingerprint density at radius 1 is 1.38 bits per heavy atom. The molecule has 1 aromatic carbocycles. The Labute approximate surface area is 87.8 Å². The molecule has 0 saturated carbocycles. The summed E-state index contributed by atoms with van der Waals surface area (Å²) in [5.74, 6) is 0. The summed E-state index contributed by atoms with van der Waals surface area (Å²) in [4.78, 5) is 0. The minimum Gasteiger partial charge on any atom is -0.327 e. The molecule has 13 heavy (non-hydrogen) atoms. The molecule has 0 aliphatic rings. The molecule has 0 aromatic heterocycles. The minimum absolute atomic E-state index is 0.583. The first-order valence-corrected chi connectivity index (χ1v) is 5.08. The normalized spacial score (nSPS) is 11.1. The molecule has 70 valence electrons. The van der Waals surface area contributed by atoms with Gasteiger partial charge in [-0.05, 0) is 40.9 Å². The molecule has 0 amide bonds. The summed E-state index contributed by atoms with van der Waals surface area (Å²) in [7, 11) is 0. The third-order valence-corrected chi connectivity index (χ3v) is 2.94. The van der Waals surface area contributed by atoms with Crippen molar-refractivity contribution in [3.63, 3.8) is 0 Å². The third kappa shape index (κ3) is 2.68. The second-order valence-electron chi connectivity index (χ2n) is 3.12. The quantitative estimate of drug-likeness (QED) is 0.844. The Balaban J connectivity index is 3.12. The summed E-state index contributed by atoms with van der Waals surface area (Å²) >= 11 is 3.55. The van der Waals surface area contributed by atoms with Crippen LogP contribution < -0.4 is 5.73 Å². The predicted molar refractivity (Wildman–Crippen MR) is 61.7 cm³/mol. The van der Waals surface area contributed by atoms with Crippen LogP contribution in [0, 0.1) is 13.8 Å². The first kappa shape index (κ1) is 10.5. The fraction of sp³-hybridized carbons (Fsp3) is 0.273. The van der Waals surface area contributed by atoms with Crippen molar-refractivity contribution in [2.45, 2.75) is 13.8 Å². The van der Waals surface area contributed by atoms with Crippen LogP contribution in [0.5, 0.6) is 0 Å². The highest BCUT2D eigenvalue weighted by atomic mass is 79.9. The molecule has 1 nitrogen and oxygen atoms in total. The van der Waals surface area contributed by atoms with Gasteiger partial charge in [0.2, 0.25) is 0 Å². The second-order valence-corrected chi connectivity index (χ2v) is 3.92. The van der Waals surface area contributed by atoms with Gasteiger partial charge in [0.25, 0.3) is 0 Å². The molecule has 0 heterocycles. The third-order valence-electron chi connectivity index (χ3n) is 1.86. The predicted octanol–water partition coefficient (Wildman–Crippen LogP) is 3.04. The maximum Gasteiger partial charge on any atom is 0.0277 e. The summed E-state index contributed by atoms with van der Waals surface area (Å²) in [6.07, 6.45) is 4.00. The number of hydrogen-bond acceptors (Lipinski definition) is 1. The summed E-state index contributed by atoms with van der Waals surface area (Å²) in [6.45, 7) is 4.77. The maximum absolute atomic E-state index is 5.40. The Kier molecular flexibility index (Phi) is 3.70. The first-order valence-electron chi connectivity index (χ1n) is 4.28. The molecule has 0 atom stereocenters. The highest BCUT2D eigenvalue weighted by molar-refractivity contribution is 9.10. The number of nitrogens with two attached hydrogens (primary N) is 1. The smallest absolute Gasteiger partial charge is 0.0277 e. The molecule has 2 heteroatoms. The summed E-state index contributed by atoms with van der Waals surface area (Å²) < 4.78 is 1.16. The van der Waals surface area contributed by atoms with E-state index in [0.29, 0.717) is 6.54 Å². The van der Waals surface area contributed by atoms with Crippen LogP contribution in [0.25, 0.3) is 6.08 Å². The summed E-state index contributed by atoms with van der Waals surface area (Å²) in [5, 5.41) is 0. The SMILES string of the molecule is Cc1cc(C)c(Br)c(/C=C/CN)c1. The molecule has 0 spiro atoms. The van der Waals surface area contributed by atoms with Gasteiger partial charge in [-0.1, -0.05) is 29.8 Å². The van der Waals surface area contributed by atoms with Gasteiger partial charge in [-0.2, -0.15) is 0 Å². The molecule has 0 saturated heterocycles. The minimum atomic E-state index is 0.583. The van der Waals surface area contributed by atoms with E-state index >= 15 is 0 Å². The van der Waals surface area contributed by atoms with Gasteiger partial charge in [0.05, 0.1) is 0 Å². The van der Waals surface area contributed by atoms with Crippen LogP contribution in [-0.2, 0) is 0 Å². The number of hydrogen-bond donors (Lipinski definition) is 1. The Hall–Kier alpha value is -0.600. The van der Waals surface area contributed by atoms with Crippen LogP contribution >= 0.6 is 15.9 Å². The molecular weight excluding hydrogens is 226 g/mol. The van der Waals surface area contributed by atoms with Gasteiger partial charge in [-0.3, -0.25) is 0 Å². The lowest BCUT2D eigenvalue weighted by atomic mass is 10.1. The zero-order valence-corrected chi connectivity index (χ0v) is 9.56. The van der Waals surface area contributed by atoms with E-state index in [0.717, 1.165) is 4.47 Å². The molecule has 0 aliphatic heterocycles. The average molecular weight is 240 g/mol. The van der Waals surface area contributed by atoms with E-state index in [1.54, 1.807) is 0 Å². The molecule has 0 aliphatic carbocycles. The van der Waals surface area contributed by atoms with Gasteiger partial charge in [-0.15, -0.1) is 0 Å². The molecule has 0 bridgehead atoms. The first-order chi connectivity index (χ1) is 6.15. The van der Waals surface area contributed by atoms with Crippen molar-refractivity contribution in [1.82, 2.24) is 0 Å². The lowest BCUT2D eigenvalue weighted by Gasteiger charge is -2.04. The highest BCUT2D eigenvalue weighted by Crippen LogP contribution is 2.24. The van der Waals surface area contributed by atoms with Gasteiger partial charge in [-0.25, -0.2) is 0 Å². The van der Waals surface area contributed by atoms with Gasteiger partial charge < -0.3 is 5.73 Å². The van der Waals surface area contributed by atoms with E-state index in [-0.39, 0.29) is 0 Å². The lowest BCUT2D eigenvalue weighted by Crippen LogP contribution is -1.92. The van der Waals surface area contributed by atoms with E-state index in [1.807, 2.05) is 12.2 Å². The molecule has 0 unspecified atom stereocenters. The van der Waals surface area contributed by atoms with Crippen molar-refractivity contribution < 1.29 is 0 Å². The molecule has 0 radical (unpaired) electrons. The van der Waals surface area contributed by atoms with Crippen molar-refractivity contribution in [2.75, 3.05) is 6.54 Å². The van der Waals surface area contributed by atoms with Gasteiger partial charge >= 0.3 is 0 Å². The van der Waals surface area contributed by atoms with E-state index in [4.69, 9.17) is 5.73 Å². The average Bonchev–Trinajstić information content (AvgIpc) is 2.09. The maximum atomic E-state index is 5.40. The number of rotatable bonds is 2. The Morgan fingerprint density at radius 2 is 2.08 bits per heavy atom. The molecule has 2 N–H and O–H groups in total. The van der Waals surface area contributed by atoms with E-state index < -0.39 is 0 Å². The Morgan fingerprint density at radius 3 is 2.69 bits per heavy atom. The van der Waals surface area contributed by atoms with Crippen LogP contribution in [0.1, 0.15) is 16.7 Å². The largest absolute Gasteiger partial charge is 0.327 e. The van der Waals surface area contributed by atoms with E-state index in [2.05, 4.69) is 41.9 Å². The number of benzene rings is 1. The van der Waals surface area contributed by atoms with Crippen molar-refractivity contribution >= 4 is 22.0 Å². The van der Waals surface area contributed by atoms with Crippen molar-refractivity contribution in [1.29, 1.82) is 0 Å². The summed E-state index contributed by atoms with van der Waals surface area (Å²) in [5.41, 5.74) is 9.13. The Bertz CT molecular complexity index is 329. The highest BCUT2D eigenvalue weighted by Gasteiger charge is 2.00. The van der Waals surface area contributed by atoms with Crippen LogP contribution in [0.4, 0.5) is 0 Å². The number of halogens is 1. The van der Waals surface area contributed by atoms with Crippen molar-refractivity contribution in [3.8, 4) is 0 Å². The zero-order valence-electron chi connectivity index (χ0n) is 7.97. The van der Waals surface area contributed by atoms with E-state index in [9.17, 15) is 0 Å². The molecule has 0 fully saturated rings. The fourth-order valence-corrected chi connectivity index (χ4v) is 1.66. The van der Waals surface area contributed by atoms with Crippen LogP contribution in [0.15, 0.2) is 22.7 Å². The molecular formula is C11H14BrN. The lowest BCUT2D eigenvalue weighted by molar-refractivity contribution is 1.26. The molecule has 1 rings (SSSR count). The van der Waals surface area contributed by atoms with E-state index in [1.165, 1.54) is 16.7 Å². The van der Waals surface area contributed by atoms with Crippen LogP contribution in [0.3, 0.4) is 0 Å². The topological polar surface area (TPSA) is 26.0 Å². The number of aryl methyl sites for hydroxylation is 2. The fourth-order valence-electron chi connectivity index (χ4n) is 1.30. The zero-order chi connectivity index (χ0) is 9.84. The van der Waals surface area contributed by atoms with Crippen molar-refractivity contribution in [2.24, 2.45) is 5.73 Å².